The molecule has 0 fully saturated rings. The monoisotopic (exact) mass is 339 g/mol. The van der Waals surface area contributed by atoms with Gasteiger partial charge in [-0.15, -0.1) is 0 Å². The van der Waals surface area contributed by atoms with Gasteiger partial charge in [0.1, 0.15) is 18.1 Å². The quantitative estimate of drug-likeness (QED) is 0.786. The maximum absolute atomic E-state index is 12.0. The van der Waals surface area contributed by atoms with Gasteiger partial charge in [-0.3, -0.25) is 4.79 Å². The van der Waals surface area contributed by atoms with Gasteiger partial charge in [0, 0.05) is 0 Å². The highest BCUT2D eigenvalue weighted by molar-refractivity contribution is 5.77. The number of carbonyl (C=O) groups is 1. The number of fused-ring (bicyclic) bond motifs is 1. The highest BCUT2D eigenvalue weighted by Gasteiger charge is 2.14. The molecule has 0 aromatic heterocycles. The van der Waals surface area contributed by atoms with E-state index in [4.69, 9.17) is 9.47 Å². The normalized spacial score (nSPS) is 13.0. The number of rotatable bonds is 7. The van der Waals surface area contributed by atoms with Gasteiger partial charge in [-0.05, 0) is 67.5 Å². The Kier molecular flexibility index (Phi) is 5.94. The van der Waals surface area contributed by atoms with Crippen LogP contribution in [0.2, 0.25) is 0 Å². The van der Waals surface area contributed by atoms with Gasteiger partial charge in [-0.25, -0.2) is 0 Å². The second-order valence-electron chi connectivity index (χ2n) is 6.40. The molecule has 2 aromatic carbocycles. The van der Waals surface area contributed by atoms with E-state index in [2.05, 4.69) is 11.4 Å². The average molecular weight is 339 g/mol. The first-order valence-corrected chi connectivity index (χ1v) is 8.92. The first-order chi connectivity index (χ1) is 12.2. The molecule has 0 bridgehead atoms. The lowest BCUT2D eigenvalue weighted by Gasteiger charge is -2.19. The van der Waals surface area contributed by atoms with Crippen molar-refractivity contribution in [2.24, 2.45) is 0 Å². The zero-order chi connectivity index (χ0) is 17.5. The first-order valence-electron chi connectivity index (χ1n) is 8.92. The lowest BCUT2D eigenvalue weighted by Crippen LogP contribution is -2.32. The highest BCUT2D eigenvalue weighted by atomic mass is 16.5. The molecule has 0 saturated carbocycles. The van der Waals surface area contributed by atoms with Gasteiger partial charge in [-0.1, -0.05) is 24.3 Å². The largest absolute Gasteiger partial charge is 0.492 e. The zero-order valence-electron chi connectivity index (χ0n) is 14.7. The van der Waals surface area contributed by atoms with E-state index in [1.165, 1.54) is 24.0 Å². The molecule has 3 rings (SSSR count). The second-order valence-corrected chi connectivity index (χ2v) is 6.40. The van der Waals surface area contributed by atoms with Crippen molar-refractivity contribution in [1.82, 2.24) is 5.32 Å². The molecule has 1 aliphatic rings. The number of nitrogens with one attached hydrogen (secondary N) is 1. The van der Waals surface area contributed by atoms with Crippen LogP contribution in [0.4, 0.5) is 0 Å². The van der Waals surface area contributed by atoms with Crippen molar-refractivity contribution >= 4 is 5.91 Å². The standard InChI is InChI=1S/C21H25NO3/c1-16-6-4-9-18(14-16)24-13-12-22-21(23)15-25-20-11-5-8-17-7-2-3-10-19(17)20/h4-6,8-9,11,14H,2-3,7,10,12-13,15H2,1H3,(H,22,23). The fourth-order valence-electron chi connectivity index (χ4n) is 3.14. The van der Waals surface area contributed by atoms with Crippen molar-refractivity contribution in [3.63, 3.8) is 0 Å². The number of hydrogen-bond acceptors (Lipinski definition) is 3. The van der Waals surface area contributed by atoms with Crippen LogP contribution in [-0.2, 0) is 17.6 Å². The van der Waals surface area contributed by atoms with Crippen LogP contribution in [0, 0.1) is 6.92 Å². The van der Waals surface area contributed by atoms with Crippen molar-refractivity contribution in [3.8, 4) is 11.5 Å². The van der Waals surface area contributed by atoms with Gasteiger partial charge in [0.05, 0.1) is 6.54 Å². The number of benzene rings is 2. The molecule has 2 aromatic rings. The van der Waals surface area contributed by atoms with Crippen LogP contribution in [0.1, 0.15) is 29.5 Å². The molecule has 25 heavy (non-hydrogen) atoms. The molecule has 4 heteroatoms. The number of hydrogen-bond donors (Lipinski definition) is 1. The predicted octanol–water partition coefficient (Wildman–Crippen LogP) is 3.45. The van der Waals surface area contributed by atoms with Crippen LogP contribution in [0.3, 0.4) is 0 Å². The summed E-state index contributed by atoms with van der Waals surface area (Å²) in [5.41, 5.74) is 3.78. The SMILES string of the molecule is Cc1cccc(OCCNC(=O)COc2cccc3c2CCCC3)c1. The summed E-state index contributed by atoms with van der Waals surface area (Å²) in [6.07, 6.45) is 4.57. The third kappa shape index (κ3) is 4.99. The van der Waals surface area contributed by atoms with E-state index in [0.717, 1.165) is 29.9 Å². The molecule has 1 N–H and O–H groups in total. The Bertz CT molecular complexity index is 727. The summed E-state index contributed by atoms with van der Waals surface area (Å²) in [7, 11) is 0. The minimum atomic E-state index is -0.124. The molecule has 0 heterocycles. The molecule has 0 atom stereocenters. The van der Waals surface area contributed by atoms with Crippen molar-refractivity contribution < 1.29 is 14.3 Å². The van der Waals surface area contributed by atoms with Gasteiger partial charge >= 0.3 is 0 Å². The summed E-state index contributed by atoms with van der Waals surface area (Å²) in [6, 6.07) is 14.0. The molecule has 0 saturated heterocycles. The molecule has 1 aliphatic carbocycles. The van der Waals surface area contributed by atoms with Gasteiger partial charge < -0.3 is 14.8 Å². The second kappa shape index (κ2) is 8.56. The van der Waals surface area contributed by atoms with E-state index in [9.17, 15) is 4.79 Å². The first kappa shape index (κ1) is 17.3. The Hall–Kier alpha value is -2.49. The summed E-state index contributed by atoms with van der Waals surface area (Å²) in [5.74, 6) is 1.55. The third-order valence-corrected chi connectivity index (χ3v) is 4.39. The molecule has 0 unspecified atom stereocenters. The minimum absolute atomic E-state index is 0.0426. The summed E-state index contributed by atoms with van der Waals surface area (Å²) >= 11 is 0. The number of amides is 1. The zero-order valence-corrected chi connectivity index (χ0v) is 14.7. The van der Waals surface area contributed by atoms with Gasteiger partial charge in [0.25, 0.3) is 5.91 Å². The van der Waals surface area contributed by atoms with Gasteiger partial charge in [-0.2, -0.15) is 0 Å². The molecular weight excluding hydrogens is 314 g/mol. The van der Waals surface area contributed by atoms with E-state index >= 15 is 0 Å². The fourth-order valence-corrected chi connectivity index (χ4v) is 3.14. The lowest BCUT2D eigenvalue weighted by molar-refractivity contribution is -0.123. The van der Waals surface area contributed by atoms with E-state index in [0.29, 0.717) is 13.2 Å². The van der Waals surface area contributed by atoms with Crippen molar-refractivity contribution in [3.05, 3.63) is 59.2 Å². The van der Waals surface area contributed by atoms with Crippen molar-refractivity contribution in [2.75, 3.05) is 19.8 Å². The van der Waals surface area contributed by atoms with Crippen molar-refractivity contribution in [1.29, 1.82) is 0 Å². The molecule has 1 amide bonds. The number of aryl methyl sites for hydroxylation is 2. The summed E-state index contributed by atoms with van der Waals surface area (Å²) in [4.78, 5) is 12.0. The molecule has 0 aliphatic heterocycles. The Morgan fingerprint density at radius 1 is 1.08 bits per heavy atom. The van der Waals surface area contributed by atoms with E-state index in [1.54, 1.807) is 0 Å². The molecule has 4 nitrogen and oxygen atoms in total. The van der Waals surface area contributed by atoms with Gasteiger partial charge in [0.15, 0.2) is 6.61 Å². The topological polar surface area (TPSA) is 47.6 Å². The average Bonchev–Trinajstić information content (AvgIpc) is 2.63. The number of ether oxygens (including phenoxy) is 2. The summed E-state index contributed by atoms with van der Waals surface area (Å²) < 4.78 is 11.4. The van der Waals surface area contributed by atoms with Crippen LogP contribution < -0.4 is 14.8 Å². The van der Waals surface area contributed by atoms with Crippen LogP contribution in [0.15, 0.2) is 42.5 Å². The van der Waals surface area contributed by atoms with Crippen LogP contribution in [0.25, 0.3) is 0 Å². The third-order valence-electron chi connectivity index (χ3n) is 4.39. The molecule has 0 spiro atoms. The minimum Gasteiger partial charge on any atom is -0.492 e. The Morgan fingerprint density at radius 2 is 1.92 bits per heavy atom. The lowest BCUT2D eigenvalue weighted by atomic mass is 9.91. The van der Waals surface area contributed by atoms with Crippen LogP contribution >= 0.6 is 0 Å². The Labute approximate surface area is 149 Å². The maximum Gasteiger partial charge on any atom is 0.258 e. The Morgan fingerprint density at radius 3 is 2.80 bits per heavy atom. The van der Waals surface area contributed by atoms with Crippen LogP contribution in [0.5, 0.6) is 11.5 Å². The van der Waals surface area contributed by atoms with E-state index in [-0.39, 0.29) is 12.5 Å². The number of carbonyl (C=O) groups excluding carboxylic acids is 1. The van der Waals surface area contributed by atoms with E-state index in [1.807, 2.05) is 43.3 Å². The van der Waals surface area contributed by atoms with Crippen LogP contribution in [-0.4, -0.2) is 25.7 Å². The Balaban J connectivity index is 1.40. The molecule has 0 radical (unpaired) electrons. The highest BCUT2D eigenvalue weighted by Crippen LogP contribution is 2.29. The summed E-state index contributed by atoms with van der Waals surface area (Å²) in [5, 5.41) is 2.83. The fraction of sp³-hybridized carbons (Fsp3) is 0.381. The molecule has 132 valence electrons. The summed E-state index contributed by atoms with van der Waals surface area (Å²) in [6.45, 7) is 2.97. The predicted molar refractivity (Wildman–Crippen MR) is 98.3 cm³/mol. The van der Waals surface area contributed by atoms with Crippen molar-refractivity contribution in [2.45, 2.75) is 32.6 Å². The maximum atomic E-state index is 12.0. The van der Waals surface area contributed by atoms with E-state index < -0.39 is 0 Å². The molecular formula is C21H25NO3. The smallest absolute Gasteiger partial charge is 0.258 e. The van der Waals surface area contributed by atoms with Gasteiger partial charge in [0.2, 0.25) is 0 Å².